The van der Waals surface area contributed by atoms with Gasteiger partial charge in [0.25, 0.3) is 0 Å². The smallest absolute Gasteiger partial charge is 0.151 e. The number of aliphatic hydroxyl groups is 1. The molecule has 0 aliphatic rings. The summed E-state index contributed by atoms with van der Waals surface area (Å²) in [4.78, 5) is 7.30. The standard InChI is InChI=1S/C24H24F2N4O/c1-2-15-4-3-5-20-16(13-29-23(15)20)6-8-28-24-21(25)11-18(12-22(24)26)30-17-7-9-27-19(10-17)14-31/h3-5,7,9-13,28-29,31H,2,6,8,14H2,1H3,(H,27,30). The molecule has 0 aliphatic heterocycles. The van der Waals surface area contributed by atoms with Crippen LogP contribution in [0, 0.1) is 11.6 Å². The SMILES string of the molecule is CCc1cccc2c(CCNc3c(F)cc(Nc4ccnc(CO)c4)cc3F)c[nH]c12. The minimum absolute atomic E-state index is 0.148. The van der Waals surface area contributed by atoms with Crippen LogP contribution in [-0.2, 0) is 19.4 Å². The predicted molar refractivity (Wildman–Crippen MR) is 120 cm³/mol. The summed E-state index contributed by atoms with van der Waals surface area (Å²) in [6, 6.07) is 11.9. The fraction of sp³-hybridized carbons (Fsp3) is 0.208. The van der Waals surface area contributed by atoms with Crippen molar-refractivity contribution in [3.05, 3.63) is 83.3 Å². The quantitative estimate of drug-likeness (QED) is 0.311. The van der Waals surface area contributed by atoms with Gasteiger partial charge in [-0.05, 0) is 48.2 Å². The van der Waals surface area contributed by atoms with Crippen LogP contribution in [0.5, 0.6) is 0 Å². The van der Waals surface area contributed by atoms with Crippen LogP contribution in [0.25, 0.3) is 10.9 Å². The molecule has 0 unspecified atom stereocenters. The van der Waals surface area contributed by atoms with Crippen molar-refractivity contribution in [3.8, 4) is 0 Å². The molecule has 4 rings (SSSR count). The largest absolute Gasteiger partial charge is 0.390 e. The first-order valence-electron chi connectivity index (χ1n) is 10.2. The number of para-hydroxylation sites is 1. The molecule has 4 aromatic rings. The zero-order valence-electron chi connectivity index (χ0n) is 17.2. The number of anilines is 3. The number of halogens is 2. The number of fused-ring (bicyclic) bond motifs is 1. The van der Waals surface area contributed by atoms with E-state index in [0.717, 1.165) is 22.9 Å². The Morgan fingerprint density at radius 3 is 2.58 bits per heavy atom. The minimum Gasteiger partial charge on any atom is -0.390 e. The molecule has 0 bridgehead atoms. The Bertz CT molecular complexity index is 1180. The number of hydrogen-bond acceptors (Lipinski definition) is 4. The van der Waals surface area contributed by atoms with Crippen LogP contribution in [0.2, 0.25) is 0 Å². The van der Waals surface area contributed by atoms with Crippen LogP contribution in [0.4, 0.5) is 25.8 Å². The number of rotatable bonds is 8. The number of aromatic amines is 1. The van der Waals surface area contributed by atoms with Crippen molar-refractivity contribution in [1.29, 1.82) is 0 Å². The van der Waals surface area contributed by atoms with Crippen LogP contribution in [-0.4, -0.2) is 21.6 Å². The van der Waals surface area contributed by atoms with E-state index in [-0.39, 0.29) is 18.0 Å². The molecule has 31 heavy (non-hydrogen) atoms. The molecule has 0 saturated carbocycles. The molecule has 0 atom stereocenters. The molecule has 2 aromatic heterocycles. The van der Waals surface area contributed by atoms with E-state index >= 15 is 0 Å². The Hall–Kier alpha value is -3.45. The molecular weight excluding hydrogens is 398 g/mol. The molecule has 0 amide bonds. The van der Waals surface area contributed by atoms with Crippen molar-refractivity contribution >= 4 is 28.0 Å². The lowest BCUT2D eigenvalue weighted by atomic mass is 10.1. The number of nitrogens with zero attached hydrogens (tertiary/aromatic N) is 1. The second-order valence-corrected chi connectivity index (χ2v) is 7.32. The number of aryl methyl sites for hydroxylation is 1. The Morgan fingerprint density at radius 1 is 1.03 bits per heavy atom. The average molecular weight is 422 g/mol. The van der Waals surface area contributed by atoms with Gasteiger partial charge in [0, 0.05) is 41.2 Å². The molecule has 2 heterocycles. The van der Waals surface area contributed by atoms with E-state index in [4.69, 9.17) is 5.11 Å². The van der Waals surface area contributed by atoms with Gasteiger partial charge in [-0.3, -0.25) is 4.98 Å². The van der Waals surface area contributed by atoms with Gasteiger partial charge in [-0.1, -0.05) is 25.1 Å². The van der Waals surface area contributed by atoms with E-state index in [2.05, 4.69) is 39.7 Å². The van der Waals surface area contributed by atoms with E-state index in [1.165, 1.54) is 23.9 Å². The fourth-order valence-electron chi connectivity index (χ4n) is 3.72. The van der Waals surface area contributed by atoms with E-state index in [9.17, 15) is 8.78 Å². The predicted octanol–water partition coefficient (Wildman–Crippen LogP) is 5.29. The zero-order valence-corrected chi connectivity index (χ0v) is 17.2. The lowest BCUT2D eigenvalue weighted by molar-refractivity contribution is 0.277. The van der Waals surface area contributed by atoms with Gasteiger partial charge in [-0.15, -0.1) is 0 Å². The summed E-state index contributed by atoms with van der Waals surface area (Å²) in [6.07, 6.45) is 5.05. The van der Waals surface area contributed by atoms with Crippen LogP contribution in [0.3, 0.4) is 0 Å². The van der Waals surface area contributed by atoms with Gasteiger partial charge < -0.3 is 20.7 Å². The van der Waals surface area contributed by atoms with Gasteiger partial charge in [0.1, 0.15) is 5.69 Å². The third kappa shape index (κ3) is 4.51. The second-order valence-electron chi connectivity index (χ2n) is 7.32. The van der Waals surface area contributed by atoms with Crippen molar-refractivity contribution < 1.29 is 13.9 Å². The molecule has 7 heteroatoms. The summed E-state index contributed by atoms with van der Waals surface area (Å²) in [7, 11) is 0. The number of nitrogens with one attached hydrogen (secondary N) is 3. The zero-order chi connectivity index (χ0) is 21.8. The summed E-state index contributed by atoms with van der Waals surface area (Å²) in [5.41, 5.74) is 4.65. The van der Waals surface area contributed by atoms with Crippen molar-refractivity contribution in [2.45, 2.75) is 26.4 Å². The first kappa shape index (κ1) is 20.8. The van der Waals surface area contributed by atoms with Crippen LogP contribution in [0.15, 0.2) is 54.9 Å². The molecule has 2 aromatic carbocycles. The highest BCUT2D eigenvalue weighted by atomic mass is 19.1. The van der Waals surface area contributed by atoms with Crippen molar-refractivity contribution in [2.24, 2.45) is 0 Å². The highest BCUT2D eigenvalue weighted by Gasteiger charge is 2.12. The second kappa shape index (κ2) is 9.14. The third-order valence-electron chi connectivity index (χ3n) is 5.27. The highest BCUT2D eigenvalue weighted by molar-refractivity contribution is 5.86. The number of hydrogen-bond donors (Lipinski definition) is 4. The Labute approximate surface area is 179 Å². The molecule has 0 spiro atoms. The fourth-order valence-corrected chi connectivity index (χ4v) is 3.72. The maximum absolute atomic E-state index is 14.6. The summed E-state index contributed by atoms with van der Waals surface area (Å²) in [5, 5.41) is 16.1. The van der Waals surface area contributed by atoms with Gasteiger partial charge in [0.05, 0.1) is 12.3 Å². The summed E-state index contributed by atoms with van der Waals surface area (Å²) in [6.45, 7) is 2.30. The van der Waals surface area contributed by atoms with E-state index in [0.29, 0.717) is 24.3 Å². The van der Waals surface area contributed by atoms with Gasteiger partial charge in [-0.2, -0.15) is 0 Å². The minimum atomic E-state index is -0.675. The Balaban J connectivity index is 1.44. The van der Waals surface area contributed by atoms with Gasteiger partial charge in [0.15, 0.2) is 11.6 Å². The van der Waals surface area contributed by atoms with Gasteiger partial charge in [-0.25, -0.2) is 8.78 Å². The summed E-state index contributed by atoms with van der Waals surface area (Å²) in [5.74, 6) is -1.35. The van der Waals surface area contributed by atoms with Gasteiger partial charge >= 0.3 is 0 Å². The highest BCUT2D eigenvalue weighted by Crippen LogP contribution is 2.27. The van der Waals surface area contributed by atoms with Crippen LogP contribution in [0.1, 0.15) is 23.7 Å². The Morgan fingerprint density at radius 2 is 1.84 bits per heavy atom. The topological polar surface area (TPSA) is 73.0 Å². The maximum atomic E-state index is 14.6. The number of benzene rings is 2. The molecule has 0 fully saturated rings. The molecular formula is C24H24F2N4O. The summed E-state index contributed by atoms with van der Waals surface area (Å²) < 4.78 is 29.2. The van der Waals surface area contributed by atoms with Crippen molar-refractivity contribution in [3.63, 3.8) is 0 Å². The maximum Gasteiger partial charge on any atom is 0.151 e. The normalized spacial score (nSPS) is 11.1. The molecule has 5 nitrogen and oxygen atoms in total. The average Bonchev–Trinajstić information content (AvgIpc) is 3.19. The Kier molecular flexibility index (Phi) is 6.13. The van der Waals surface area contributed by atoms with E-state index in [1.807, 2.05) is 12.3 Å². The monoisotopic (exact) mass is 422 g/mol. The number of aromatic nitrogens is 2. The lowest BCUT2D eigenvalue weighted by Crippen LogP contribution is -2.08. The molecule has 0 aliphatic carbocycles. The number of H-pyrrole nitrogens is 1. The van der Waals surface area contributed by atoms with Crippen molar-refractivity contribution in [2.75, 3.05) is 17.2 Å². The van der Waals surface area contributed by atoms with E-state index in [1.54, 1.807) is 12.1 Å². The van der Waals surface area contributed by atoms with Gasteiger partial charge in [0.2, 0.25) is 0 Å². The molecule has 0 radical (unpaired) electrons. The molecule has 0 saturated heterocycles. The van der Waals surface area contributed by atoms with E-state index < -0.39 is 11.6 Å². The third-order valence-corrected chi connectivity index (χ3v) is 5.27. The number of aliphatic hydroxyl groups excluding tert-OH is 1. The van der Waals surface area contributed by atoms with Crippen LogP contribution >= 0.6 is 0 Å². The lowest BCUT2D eigenvalue weighted by Gasteiger charge is -2.12. The molecule has 4 N–H and O–H groups in total. The van der Waals surface area contributed by atoms with Crippen molar-refractivity contribution in [1.82, 2.24) is 9.97 Å². The molecule has 160 valence electrons. The first-order valence-corrected chi connectivity index (χ1v) is 10.2. The first-order chi connectivity index (χ1) is 15.1. The summed E-state index contributed by atoms with van der Waals surface area (Å²) >= 11 is 0. The van der Waals surface area contributed by atoms with Crippen LogP contribution < -0.4 is 10.6 Å². The number of pyridine rings is 1.